The van der Waals surface area contributed by atoms with E-state index < -0.39 is 5.97 Å². The molecule has 0 spiro atoms. The number of carbonyl (C=O) groups excluding carboxylic acids is 2. The van der Waals surface area contributed by atoms with Gasteiger partial charge in [-0.2, -0.15) is 0 Å². The van der Waals surface area contributed by atoms with Crippen molar-refractivity contribution in [3.05, 3.63) is 57.6 Å². The third kappa shape index (κ3) is 5.11. The van der Waals surface area contributed by atoms with Gasteiger partial charge in [-0.3, -0.25) is 4.79 Å². The van der Waals surface area contributed by atoms with Gasteiger partial charge in [0.25, 0.3) is 0 Å². The Morgan fingerprint density at radius 3 is 2.44 bits per heavy atom. The normalized spacial score (nSPS) is 10.2. The molecule has 132 valence electrons. The summed E-state index contributed by atoms with van der Waals surface area (Å²) >= 11 is 11.8. The molecule has 0 fully saturated rings. The lowest BCUT2D eigenvalue weighted by Gasteiger charge is -2.11. The number of halogens is 2. The Morgan fingerprint density at radius 2 is 1.80 bits per heavy atom. The third-order valence-electron chi connectivity index (χ3n) is 3.52. The van der Waals surface area contributed by atoms with Crippen LogP contribution in [0, 0.1) is 0 Å². The van der Waals surface area contributed by atoms with E-state index >= 15 is 0 Å². The lowest BCUT2D eigenvalue weighted by atomic mass is 10.1. The highest BCUT2D eigenvalue weighted by atomic mass is 35.5. The van der Waals surface area contributed by atoms with Crippen molar-refractivity contribution in [1.82, 2.24) is 0 Å². The molecule has 0 aliphatic rings. The quantitative estimate of drug-likeness (QED) is 0.754. The van der Waals surface area contributed by atoms with Crippen molar-refractivity contribution in [2.75, 3.05) is 19.5 Å². The number of carbonyl (C=O) groups is 2. The fourth-order valence-corrected chi connectivity index (χ4v) is 2.54. The monoisotopic (exact) mass is 381 g/mol. The summed E-state index contributed by atoms with van der Waals surface area (Å²) in [7, 11) is 2.78. The predicted octanol–water partition coefficient (Wildman–Crippen LogP) is 4.36. The van der Waals surface area contributed by atoms with Crippen molar-refractivity contribution < 1.29 is 19.1 Å². The van der Waals surface area contributed by atoms with E-state index in [9.17, 15) is 9.59 Å². The number of benzene rings is 2. The maximum atomic E-state index is 12.2. The number of anilines is 1. The van der Waals surface area contributed by atoms with E-state index in [1.165, 1.54) is 20.3 Å². The van der Waals surface area contributed by atoms with Gasteiger partial charge in [-0.15, -0.1) is 0 Å². The highest BCUT2D eigenvalue weighted by molar-refractivity contribution is 6.42. The minimum atomic E-state index is -0.492. The minimum absolute atomic E-state index is 0.216. The molecule has 0 aromatic heterocycles. The molecule has 0 radical (unpaired) electrons. The molecule has 2 aromatic carbocycles. The molecule has 5 nitrogen and oxygen atoms in total. The van der Waals surface area contributed by atoms with Gasteiger partial charge < -0.3 is 14.8 Å². The number of amides is 1. The lowest BCUT2D eigenvalue weighted by molar-refractivity contribution is -0.116. The van der Waals surface area contributed by atoms with E-state index in [1.807, 2.05) is 6.07 Å². The average Bonchev–Trinajstić information content (AvgIpc) is 2.62. The van der Waals surface area contributed by atoms with E-state index in [-0.39, 0.29) is 12.3 Å². The third-order valence-corrected chi connectivity index (χ3v) is 4.26. The molecule has 0 bridgehead atoms. The SMILES string of the molecule is COC(=O)c1ccc(OC)c(NC(=O)CCc2ccc(Cl)c(Cl)c2)c1. The van der Waals surface area contributed by atoms with Crippen LogP contribution in [0.1, 0.15) is 22.3 Å². The Labute approximate surface area is 155 Å². The molecule has 1 N–H and O–H groups in total. The van der Waals surface area contributed by atoms with Gasteiger partial charge in [0.15, 0.2) is 0 Å². The van der Waals surface area contributed by atoms with Crippen molar-refractivity contribution in [2.24, 2.45) is 0 Å². The number of methoxy groups -OCH3 is 2. The summed E-state index contributed by atoms with van der Waals surface area (Å²) in [6.45, 7) is 0. The van der Waals surface area contributed by atoms with Crippen LogP contribution in [0.4, 0.5) is 5.69 Å². The van der Waals surface area contributed by atoms with Gasteiger partial charge in [0.2, 0.25) is 5.91 Å². The van der Waals surface area contributed by atoms with Crippen LogP contribution >= 0.6 is 23.2 Å². The van der Waals surface area contributed by atoms with E-state index in [1.54, 1.807) is 24.3 Å². The van der Waals surface area contributed by atoms with Gasteiger partial charge in [-0.1, -0.05) is 29.3 Å². The Bertz CT molecular complexity index is 793. The predicted molar refractivity (Wildman–Crippen MR) is 97.7 cm³/mol. The number of esters is 1. The molecule has 0 unspecified atom stereocenters. The van der Waals surface area contributed by atoms with Crippen LogP contribution in [0.2, 0.25) is 10.0 Å². The van der Waals surface area contributed by atoms with Gasteiger partial charge in [0.05, 0.1) is 35.5 Å². The highest BCUT2D eigenvalue weighted by Gasteiger charge is 2.13. The maximum Gasteiger partial charge on any atom is 0.337 e. The first-order chi connectivity index (χ1) is 11.9. The summed E-state index contributed by atoms with van der Waals surface area (Å²) in [4.78, 5) is 23.8. The second kappa shape index (κ2) is 8.74. The molecular weight excluding hydrogens is 365 g/mol. The van der Waals surface area contributed by atoms with E-state index in [0.717, 1.165) is 5.56 Å². The summed E-state index contributed by atoms with van der Waals surface area (Å²) in [6.07, 6.45) is 0.741. The molecular formula is C18H17Cl2NO4. The number of nitrogens with one attached hydrogen (secondary N) is 1. The average molecular weight is 382 g/mol. The van der Waals surface area contributed by atoms with Crippen LogP contribution in [0.5, 0.6) is 5.75 Å². The first-order valence-electron chi connectivity index (χ1n) is 7.44. The first-order valence-corrected chi connectivity index (χ1v) is 8.20. The number of ether oxygens (including phenoxy) is 2. The van der Waals surface area contributed by atoms with Crippen molar-refractivity contribution >= 4 is 40.8 Å². The van der Waals surface area contributed by atoms with Crippen molar-refractivity contribution in [3.63, 3.8) is 0 Å². The molecule has 2 rings (SSSR count). The minimum Gasteiger partial charge on any atom is -0.495 e. The van der Waals surface area contributed by atoms with E-state index in [4.69, 9.17) is 27.9 Å². The highest BCUT2D eigenvalue weighted by Crippen LogP contribution is 2.26. The van der Waals surface area contributed by atoms with Crippen LogP contribution in [0.3, 0.4) is 0 Å². The largest absolute Gasteiger partial charge is 0.495 e. The summed E-state index contributed by atoms with van der Waals surface area (Å²) < 4.78 is 9.89. The van der Waals surface area contributed by atoms with Crippen LogP contribution in [0.25, 0.3) is 0 Å². The number of aryl methyl sites for hydroxylation is 1. The molecule has 25 heavy (non-hydrogen) atoms. The maximum absolute atomic E-state index is 12.2. The Hall–Kier alpha value is -2.24. The molecule has 0 aliphatic carbocycles. The van der Waals surface area contributed by atoms with Crippen LogP contribution in [-0.4, -0.2) is 26.1 Å². The Balaban J connectivity index is 2.06. The summed E-state index contributed by atoms with van der Waals surface area (Å²) in [6, 6.07) is 9.92. The van der Waals surface area contributed by atoms with Crippen LogP contribution in [-0.2, 0) is 16.0 Å². The van der Waals surface area contributed by atoms with Crippen molar-refractivity contribution in [1.29, 1.82) is 0 Å². The van der Waals surface area contributed by atoms with Gasteiger partial charge in [0, 0.05) is 6.42 Å². The summed E-state index contributed by atoms with van der Waals surface area (Å²) in [5, 5.41) is 3.67. The molecule has 0 saturated carbocycles. The Kier molecular flexibility index (Phi) is 6.67. The number of hydrogen-bond acceptors (Lipinski definition) is 4. The van der Waals surface area contributed by atoms with E-state index in [0.29, 0.717) is 33.5 Å². The second-order valence-electron chi connectivity index (χ2n) is 5.20. The standard InChI is InChI=1S/C18H17Cl2NO4/c1-24-16-7-5-12(18(23)25-2)10-15(16)21-17(22)8-4-11-3-6-13(19)14(20)9-11/h3,5-7,9-10H,4,8H2,1-2H3,(H,21,22). The number of rotatable bonds is 6. The van der Waals surface area contributed by atoms with Crippen molar-refractivity contribution in [3.8, 4) is 5.75 Å². The van der Waals surface area contributed by atoms with Gasteiger partial charge >= 0.3 is 5.97 Å². The molecule has 0 heterocycles. The molecule has 1 amide bonds. The number of hydrogen-bond donors (Lipinski definition) is 1. The van der Waals surface area contributed by atoms with Gasteiger partial charge in [0.1, 0.15) is 5.75 Å². The molecule has 0 aliphatic heterocycles. The zero-order valence-electron chi connectivity index (χ0n) is 13.8. The lowest BCUT2D eigenvalue weighted by Crippen LogP contribution is -2.14. The topological polar surface area (TPSA) is 64.6 Å². The van der Waals surface area contributed by atoms with Gasteiger partial charge in [-0.05, 0) is 42.3 Å². The summed E-state index contributed by atoms with van der Waals surface area (Å²) in [5.41, 5.74) is 1.63. The molecule has 7 heteroatoms. The van der Waals surface area contributed by atoms with Crippen LogP contribution in [0.15, 0.2) is 36.4 Å². The fourth-order valence-electron chi connectivity index (χ4n) is 2.22. The summed E-state index contributed by atoms with van der Waals surface area (Å²) in [5.74, 6) is -0.254. The molecule has 0 atom stereocenters. The second-order valence-corrected chi connectivity index (χ2v) is 6.02. The Morgan fingerprint density at radius 1 is 1.04 bits per heavy atom. The van der Waals surface area contributed by atoms with Crippen molar-refractivity contribution in [2.45, 2.75) is 12.8 Å². The molecule has 0 saturated heterocycles. The zero-order valence-corrected chi connectivity index (χ0v) is 15.3. The van der Waals surface area contributed by atoms with Crippen LogP contribution < -0.4 is 10.1 Å². The fraction of sp³-hybridized carbons (Fsp3) is 0.222. The smallest absolute Gasteiger partial charge is 0.337 e. The van der Waals surface area contributed by atoms with Gasteiger partial charge in [-0.25, -0.2) is 4.79 Å². The van der Waals surface area contributed by atoms with E-state index in [2.05, 4.69) is 10.1 Å². The first kappa shape index (κ1) is 19.1. The zero-order chi connectivity index (χ0) is 18.4. The molecule has 2 aromatic rings.